The molecular formula is C13H17F2NO2S2. The van der Waals surface area contributed by atoms with E-state index in [9.17, 15) is 17.2 Å². The van der Waals surface area contributed by atoms with E-state index in [2.05, 4.69) is 4.72 Å². The third kappa shape index (κ3) is 3.93. The van der Waals surface area contributed by atoms with E-state index in [0.29, 0.717) is 5.25 Å². The Balaban J connectivity index is 2.05. The molecule has 0 saturated heterocycles. The molecule has 0 aromatic heterocycles. The number of rotatable bonds is 5. The summed E-state index contributed by atoms with van der Waals surface area (Å²) in [5.41, 5.74) is -0.403. The van der Waals surface area contributed by atoms with Crippen LogP contribution in [0, 0.1) is 11.6 Å². The maximum Gasteiger partial charge on any atom is 0.216 e. The molecule has 20 heavy (non-hydrogen) atoms. The van der Waals surface area contributed by atoms with Crippen molar-refractivity contribution in [1.29, 1.82) is 0 Å². The van der Waals surface area contributed by atoms with Crippen LogP contribution in [0.15, 0.2) is 18.2 Å². The van der Waals surface area contributed by atoms with Crippen LogP contribution in [-0.4, -0.2) is 26.0 Å². The second kappa shape index (κ2) is 6.41. The molecule has 0 heterocycles. The maximum atomic E-state index is 13.5. The summed E-state index contributed by atoms with van der Waals surface area (Å²) in [6.45, 7) is 0. The van der Waals surface area contributed by atoms with Gasteiger partial charge < -0.3 is 0 Å². The van der Waals surface area contributed by atoms with Gasteiger partial charge in [0.2, 0.25) is 10.0 Å². The Bertz CT molecular complexity index is 557. The van der Waals surface area contributed by atoms with Gasteiger partial charge in [-0.25, -0.2) is 21.9 Å². The Kier molecular flexibility index (Phi) is 5.04. The molecule has 1 aliphatic rings. The lowest BCUT2D eigenvalue weighted by Crippen LogP contribution is -2.34. The molecular weight excluding hydrogens is 304 g/mol. The molecule has 1 N–H and O–H groups in total. The molecule has 2 atom stereocenters. The van der Waals surface area contributed by atoms with E-state index in [1.165, 1.54) is 6.07 Å². The van der Waals surface area contributed by atoms with Crippen molar-refractivity contribution in [2.24, 2.45) is 0 Å². The van der Waals surface area contributed by atoms with E-state index >= 15 is 0 Å². The highest BCUT2D eigenvalue weighted by Crippen LogP contribution is 2.28. The Morgan fingerprint density at radius 3 is 2.50 bits per heavy atom. The first-order valence-electron chi connectivity index (χ1n) is 6.37. The van der Waals surface area contributed by atoms with Gasteiger partial charge in [-0.3, -0.25) is 0 Å². The molecule has 0 unspecified atom stereocenters. The molecule has 2 rings (SSSR count). The van der Waals surface area contributed by atoms with Gasteiger partial charge in [-0.15, -0.1) is 0 Å². The normalized spacial score (nSPS) is 23.1. The van der Waals surface area contributed by atoms with Gasteiger partial charge in [0.1, 0.15) is 11.6 Å². The van der Waals surface area contributed by atoms with Gasteiger partial charge in [-0.1, -0.05) is 6.07 Å². The smallest absolute Gasteiger partial charge is 0.212 e. The number of thioether (sulfide) groups is 1. The Morgan fingerprint density at radius 2 is 1.95 bits per heavy atom. The molecule has 1 aromatic rings. The first-order valence-corrected chi connectivity index (χ1v) is 9.31. The van der Waals surface area contributed by atoms with Crippen molar-refractivity contribution in [2.75, 3.05) is 6.26 Å². The number of benzene rings is 1. The summed E-state index contributed by atoms with van der Waals surface area (Å²) in [5, 5.41) is 0.452. The van der Waals surface area contributed by atoms with Crippen LogP contribution in [-0.2, 0) is 15.8 Å². The van der Waals surface area contributed by atoms with Gasteiger partial charge in [-0.2, -0.15) is 11.8 Å². The van der Waals surface area contributed by atoms with Crippen molar-refractivity contribution in [3.05, 3.63) is 35.4 Å². The second-order valence-electron chi connectivity index (χ2n) is 4.94. The Labute approximate surface area is 122 Å². The summed E-state index contributed by atoms with van der Waals surface area (Å²) in [7, 11) is -3.73. The fourth-order valence-electron chi connectivity index (χ4n) is 2.42. The molecule has 112 valence electrons. The molecule has 1 fully saturated rings. The molecule has 0 spiro atoms. The zero-order valence-electron chi connectivity index (χ0n) is 11.1. The van der Waals surface area contributed by atoms with Gasteiger partial charge >= 0.3 is 0 Å². The number of hydrogen-bond acceptors (Lipinski definition) is 3. The summed E-state index contributed by atoms with van der Waals surface area (Å²) in [4.78, 5) is 0. The molecule has 0 radical (unpaired) electrons. The lowest BCUT2D eigenvalue weighted by molar-refractivity contribution is 0.537. The summed E-state index contributed by atoms with van der Waals surface area (Å²) < 4.78 is 53.5. The average molecular weight is 321 g/mol. The molecule has 1 aromatic carbocycles. The van der Waals surface area contributed by atoms with E-state index in [0.717, 1.165) is 31.4 Å². The third-order valence-electron chi connectivity index (χ3n) is 3.46. The topological polar surface area (TPSA) is 46.2 Å². The van der Waals surface area contributed by atoms with Gasteiger partial charge in [-0.05, 0) is 37.7 Å². The fourth-order valence-corrected chi connectivity index (χ4v) is 4.67. The quantitative estimate of drug-likeness (QED) is 0.907. The third-order valence-corrected chi connectivity index (χ3v) is 5.92. The molecule has 0 amide bonds. The standard InChI is InChI=1S/C13H17F2NO2S2/c1-19-10-6-5-9(7-10)16-20(17,18)8-11-12(14)3-2-4-13(11)15/h2-4,9-10,16H,5-8H2,1H3/t9-,10+/m1/s1. The van der Waals surface area contributed by atoms with Crippen molar-refractivity contribution in [3.63, 3.8) is 0 Å². The summed E-state index contributed by atoms with van der Waals surface area (Å²) in [6.07, 6.45) is 4.49. The zero-order chi connectivity index (χ0) is 14.8. The molecule has 3 nitrogen and oxygen atoms in total. The van der Waals surface area contributed by atoms with Crippen LogP contribution in [0.3, 0.4) is 0 Å². The van der Waals surface area contributed by atoms with Crippen LogP contribution in [0.2, 0.25) is 0 Å². The van der Waals surface area contributed by atoms with Gasteiger partial charge in [0.05, 0.1) is 5.75 Å². The Hall–Kier alpha value is -0.660. The van der Waals surface area contributed by atoms with Crippen LogP contribution in [0.5, 0.6) is 0 Å². The Morgan fingerprint density at radius 1 is 1.30 bits per heavy atom. The van der Waals surface area contributed by atoms with E-state index in [1.807, 2.05) is 6.26 Å². The molecule has 0 bridgehead atoms. The van der Waals surface area contributed by atoms with Gasteiger partial charge in [0.25, 0.3) is 0 Å². The van der Waals surface area contributed by atoms with Crippen molar-refractivity contribution in [1.82, 2.24) is 4.72 Å². The highest BCUT2D eigenvalue weighted by atomic mass is 32.2. The first-order chi connectivity index (χ1) is 9.41. The maximum absolute atomic E-state index is 13.5. The van der Waals surface area contributed by atoms with Crippen molar-refractivity contribution >= 4 is 21.8 Å². The van der Waals surface area contributed by atoms with Gasteiger partial charge in [0, 0.05) is 16.9 Å². The largest absolute Gasteiger partial charge is 0.216 e. The minimum Gasteiger partial charge on any atom is -0.212 e. The van der Waals surface area contributed by atoms with Crippen molar-refractivity contribution in [2.45, 2.75) is 36.3 Å². The van der Waals surface area contributed by atoms with E-state index in [-0.39, 0.29) is 6.04 Å². The number of halogens is 2. The summed E-state index contributed by atoms with van der Waals surface area (Å²) >= 11 is 1.72. The zero-order valence-corrected chi connectivity index (χ0v) is 12.7. The van der Waals surface area contributed by atoms with E-state index in [1.54, 1.807) is 11.8 Å². The molecule has 0 aliphatic heterocycles. The minimum atomic E-state index is -3.73. The molecule has 1 aliphatic carbocycles. The monoisotopic (exact) mass is 321 g/mol. The van der Waals surface area contributed by atoms with Crippen LogP contribution in [0.25, 0.3) is 0 Å². The second-order valence-corrected chi connectivity index (χ2v) is 7.84. The van der Waals surface area contributed by atoms with Crippen LogP contribution >= 0.6 is 11.8 Å². The van der Waals surface area contributed by atoms with Crippen molar-refractivity contribution < 1.29 is 17.2 Å². The van der Waals surface area contributed by atoms with Crippen LogP contribution in [0.1, 0.15) is 24.8 Å². The first kappa shape index (κ1) is 15.7. The van der Waals surface area contributed by atoms with Crippen molar-refractivity contribution in [3.8, 4) is 0 Å². The fraction of sp³-hybridized carbons (Fsp3) is 0.538. The van der Waals surface area contributed by atoms with E-state index in [4.69, 9.17) is 0 Å². The molecule has 7 heteroatoms. The minimum absolute atomic E-state index is 0.132. The molecule has 1 saturated carbocycles. The predicted molar refractivity (Wildman–Crippen MR) is 77.1 cm³/mol. The average Bonchev–Trinajstić information content (AvgIpc) is 2.81. The lowest BCUT2D eigenvalue weighted by atomic mass is 10.2. The summed E-state index contributed by atoms with van der Waals surface area (Å²) in [6, 6.07) is 3.21. The van der Waals surface area contributed by atoms with Crippen LogP contribution < -0.4 is 4.72 Å². The highest BCUT2D eigenvalue weighted by Gasteiger charge is 2.28. The summed E-state index contributed by atoms with van der Waals surface area (Å²) in [5.74, 6) is -2.32. The lowest BCUT2D eigenvalue weighted by Gasteiger charge is -2.14. The SMILES string of the molecule is CS[C@H]1CC[C@@H](NS(=O)(=O)Cc2c(F)cccc2F)C1. The van der Waals surface area contributed by atoms with Crippen LogP contribution in [0.4, 0.5) is 8.78 Å². The number of nitrogens with one attached hydrogen (secondary N) is 1. The van der Waals surface area contributed by atoms with Gasteiger partial charge in [0.15, 0.2) is 0 Å². The predicted octanol–water partition coefficient (Wildman–Crippen LogP) is 2.67. The number of hydrogen-bond donors (Lipinski definition) is 1. The number of sulfonamides is 1. The highest BCUT2D eigenvalue weighted by molar-refractivity contribution is 7.99. The van der Waals surface area contributed by atoms with E-state index < -0.39 is 33.0 Å².